The summed E-state index contributed by atoms with van der Waals surface area (Å²) in [4.78, 5) is 24.7. The number of rotatable bonds is 4. The van der Waals surface area contributed by atoms with Gasteiger partial charge in [-0.15, -0.1) is 0 Å². The van der Waals surface area contributed by atoms with Gasteiger partial charge in [-0.2, -0.15) is 0 Å². The Labute approximate surface area is 158 Å². The largest absolute Gasteiger partial charge is 0.455 e. The summed E-state index contributed by atoms with van der Waals surface area (Å²) in [6.07, 6.45) is 10.3. The molecule has 0 aromatic heterocycles. The summed E-state index contributed by atoms with van der Waals surface area (Å²) >= 11 is 0. The van der Waals surface area contributed by atoms with Gasteiger partial charge >= 0.3 is 11.9 Å². The van der Waals surface area contributed by atoms with Crippen molar-refractivity contribution in [3.8, 4) is 0 Å². The molecule has 2 fully saturated rings. The molecule has 0 saturated heterocycles. The first kappa shape index (κ1) is 21.0. The fourth-order valence-corrected chi connectivity index (χ4v) is 4.49. The van der Waals surface area contributed by atoms with Crippen LogP contribution in [-0.4, -0.2) is 23.1 Å². The summed E-state index contributed by atoms with van der Waals surface area (Å²) in [6.45, 7) is 12.6. The number of carbonyl (C=O) groups is 2. The minimum absolute atomic E-state index is 0.117. The van der Waals surface area contributed by atoms with Gasteiger partial charge in [0.2, 0.25) is 0 Å². The zero-order chi connectivity index (χ0) is 19.6. The first-order valence-electron chi connectivity index (χ1n) is 10.0. The van der Waals surface area contributed by atoms with Crippen LogP contribution >= 0.6 is 0 Å². The standard InChI is InChI=1S/C22H36O4/c1-19(2,3)21(13-7-8-14-21)25-17(23)11-12-18(24)26-22(20(4,5)6)15-9-10-16-22/h11-12H,7-10,13-16H2,1-6H3/b12-11+. The van der Waals surface area contributed by atoms with Crippen molar-refractivity contribution in [1.82, 2.24) is 0 Å². The average Bonchev–Trinajstić information content (AvgIpc) is 3.14. The van der Waals surface area contributed by atoms with E-state index >= 15 is 0 Å². The van der Waals surface area contributed by atoms with Gasteiger partial charge in [-0.1, -0.05) is 41.5 Å². The third-order valence-electron chi connectivity index (χ3n) is 6.50. The lowest BCUT2D eigenvalue weighted by Crippen LogP contribution is -2.44. The molecule has 148 valence electrons. The van der Waals surface area contributed by atoms with E-state index in [1.165, 1.54) is 12.2 Å². The van der Waals surface area contributed by atoms with Crippen LogP contribution in [0.5, 0.6) is 0 Å². The molecule has 0 spiro atoms. The number of carbonyl (C=O) groups excluding carboxylic acids is 2. The Bertz CT molecular complexity index is 498. The predicted octanol–water partition coefficient (Wildman–Crippen LogP) is 5.35. The molecule has 2 aliphatic rings. The number of hydrogen-bond acceptors (Lipinski definition) is 4. The third kappa shape index (κ3) is 4.32. The zero-order valence-electron chi connectivity index (χ0n) is 17.4. The van der Waals surface area contributed by atoms with E-state index in [2.05, 4.69) is 41.5 Å². The summed E-state index contributed by atoms with van der Waals surface area (Å²) in [5.41, 5.74) is -1.10. The first-order valence-corrected chi connectivity index (χ1v) is 10.0. The van der Waals surface area contributed by atoms with Crippen molar-refractivity contribution in [3.05, 3.63) is 12.2 Å². The summed E-state index contributed by atoms with van der Waals surface area (Å²) in [7, 11) is 0. The summed E-state index contributed by atoms with van der Waals surface area (Å²) in [5, 5.41) is 0. The van der Waals surface area contributed by atoms with Gasteiger partial charge in [0.15, 0.2) is 0 Å². The molecule has 4 heteroatoms. The Morgan fingerprint density at radius 1 is 0.654 bits per heavy atom. The van der Waals surface area contributed by atoms with Gasteiger partial charge in [0.05, 0.1) is 0 Å². The topological polar surface area (TPSA) is 52.6 Å². The Kier molecular flexibility index (Phi) is 5.94. The second-order valence-electron chi connectivity index (χ2n) is 10.1. The minimum Gasteiger partial charge on any atom is -0.455 e. The number of esters is 2. The Balaban J connectivity index is 2.00. The molecule has 0 bridgehead atoms. The highest BCUT2D eigenvalue weighted by Crippen LogP contribution is 2.47. The molecule has 0 heterocycles. The lowest BCUT2D eigenvalue weighted by atomic mass is 9.75. The van der Waals surface area contributed by atoms with Crippen molar-refractivity contribution in [3.63, 3.8) is 0 Å². The normalized spacial score (nSPS) is 22.5. The van der Waals surface area contributed by atoms with E-state index in [0.717, 1.165) is 51.4 Å². The molecule has 0 N–H and O–H groups in total. The Hall–Kier alpha value is -1.32. The number of hydrogen-bond donors (Lipinski definition) is 0. The summed E-state index contributed by atoms with van der Waals surface area (Å²) in [6, 6.07) is 0. The highest BCUT2D eigenvalue weighted by atomic mass is 16.6. The van der Waals surface area contributed by atoms with Crippen molar-refractivity contribution >= 4 is 11.9 Å². The van der Waals surface area contributed by atoms with Gasteiger partial charge < -0.3 is 9.47 Å². The number of ether oxygens (including phenoxy) is 2. The molecular weight excluding hydrogens is 328 g/mol. The third-order valence-corrected chi connectivity index (χ3v) is 6.50. The fraction of sp³-hybridized carbons (Fsp3) is 0.818. The minimum atomic E-state index is -0.449. The zero-order valence-corrected chi connectivity index (χ0v) is 17.4. The van der Waals surface area contributed by atoms with Gasteiger partial charge in [-0.25, -0.2) is 9.59 Å². The average molecular weight is 365 g/mol. The van der Waals surface area contributed by atoms with E-state index in [1.54, 1.807) is 0 Å². The molecule has 2 saturated carbocycles. The van der Waals surface area contributed by atoms with Crippen LogP contribution in [0.4, 0.5) is 0 Å². The van der Waals surface area contributed by atoms with Crippen molar-refractivity contribution in [2.45, 2.75) is 104 Å². The van der Waals surface area contributed by atoms with Gasteiger partial charge in [-0.05, 0) is 51.4 Å². The summed E-state index contributed by atoms with van der Waals surface area (Å²) in [5.74, 6) is -0.898. The maximum atomic E-state index is 12.4. The molecule has 2 aliphatic carbocycles. The van der Waals surface area contributed by atoms with E-state index in [-0.39, 0.29) is 10.8 Å². The van der Waals surface area contributed by atoms with Gasteiger partial charge in [0.25, 0.3) is 0 Å². The lowest BCUT2D eigenvalue weighted by Gasteiger charge is -2.41. The molecule has 4 nitrogen and oxygen atoms in total. The predicted molar refractivity (Wildman–Crippen MR) is 103 cm³/mol. The first-order chi connectivity index (χ1) is 11.9. The van der Waals surface area contributed by atoms with Crippen molar-refractivity contribution in [2.75, 3.05) is 0 Å². The van der Waals surface area contributed by atoms with Crippen LogP contribution in [0.2, 0.25) is 0 Å². The molecule has 0 amide bonds. The lowest BCUT2D eigenvalue weighted by molar-refractivity contribution is -0.169. The van der Waals surface area contributed by atoms with E-state index in [1.807, 2.05) is 0 Å². The van der Waals surface area contributed by atoms with Crippen LogP contribution in [-0.2, 0) is 19.1 Å². The van der Waals surface area contributed by atoms with Gasteiger partial charge in [0.1, 0.15) is 11.2 Å². The monoisotopic (exact) mass is 364 g/mol. The van der Waals surface area contributed by atoms with Gasteiger partial charge in [-0.3, -0.25) is 0 Å². The van der Waals surface area contributed by atoms with Crippen LogP contribution in [0.25, 0.3) is 0 Å². The maximum absolute atomic E-state index is 12.4. The van der Waals surface area contributed by atoms with E-state index in [4.69, 9.17) is 9.47 Å². The molecule has 0 aromatic carbocycles. The molecule has 0 unspecified atom stereocenters. The SMILES string of the molecule is CC(C)(C)C1(OC(=O)/C=C/C(=O)OC2(C(C)(C)C)CCCC2)CCCC1. The van der Waals surface area contributed by atoms with Crippen molar-refractivity contribution in [1.29, 1.82) is 0 Å². The van der Waals surface area contributed by atoms with Crippen LogP contribution in [0.3, 0.4) is 0 Å². The quantitative estimate of drug-likeness (QED) is 0.498. The van der Waals surface area contributed by atoms with Crippen LogP contribution in [0, 0.1) is 10.8 Å². The Morgan fingerprint density at radius 2 is 0.923 bits per heavy atom. The molecule has 0 atom stereocenters. The summed E-state index contributed by atoms with van der Waals surface area (Å²) < 4.78 is 11.7. The molecule has 26 heavy (non-hydrogen) atoms. The molecule has 0 aromatic rings. The van der Waals surface area contributed by atoms with E-state index < -0.39 is 23.1 Å². The van der Waals surface area contributed by atoms with Crippen LogP contribution in [0.15, 0.2) is 12.2 Å². The van der Waals surface area contributed by atoms with Crippen LogP contribution < -0.4 is 0 Å². The van der Waals surface area contributed by atoms with E-state index in [9.17, 15) is 9.59 Å². The molecule has 0 aliphatic heterocycles. The smallest absolute Gasteiger partial charge is 0.331 e. The van der Waals surface area contributed by atoms with Gasteiger partial charge in [0, 0.05) is 23.0 Å². The molecular formula is C22H36O4. The van der Waals surface area contributed by atoms with Crippen molar-refractivity contribution in [2.24, 2.45) is 10.8 Å². The highest BCUT2D eigenvalue weighted by molar-refractivity contribution is 5.92. The second kappa shape index (κ2) is 7.36. The Morgan fingerprint density at radius 3 is 1.15 bits per heavy atom. The molecule has 2 rings (SSSR count). The van der Waals surface area contributed by atoms with Crippen LogP contribution in [0.1, 0.15) is 92.9 Å². The van der Waals surface area contributed by atoms with E-state index in [0.29, 0.717) is 0 Å². The van der Waals surface area contributed by atoms with Crippen molar-refractivity contribution < 1.29 is 19.1 Å². The second-order valence-corrected chi connectivity index (χ2v) is 10.1. The molecule has 0 radical (unpaired) electrons. The highest BCUT2D eigenvalue weighted by Gasteiger charge is 2.48. The maximum Gasteiger partial charge on any atom is 0.331 e. The fourth-order valence-electron chi connectivity index (χ4n) is 4.49.